The molecule has 2 amide bonds. The van der Waals surface area contributed by atoms with E-state index in [1.165, 1.54) is 0 Å². The van der Waals surface area contributed by atoms with Crippen molar-refractivity contribution in [2.75, 3.05) is 6.54 Å². The van der Waals surface area contributed by atoms with Gasteiger partial charge in [0.15, 0.2) is 0 Å². The highest BCUT2D eigenvalue weighted by molar-refractivity contribution is 5.97. The van der Waals surface area contributed by atoms with Crippen molar-refractivity contribution in [2.45, 2.75) is 44.7 Å². The van der Waals surface area contributed by atoms with Crippen molar-refractivity contribution < 1.29 is 9.59 Å². The first-order valence-electron chi connectivity index (χ1n) is 5.35. The molecule has 2 aliphatic rings. The topological polar surface area (TPSA) is 49.4 Å². The van der Waals surface area contributed by atoms with Gasteiger partial charge in [0.1, 0.15) is 12.1 Å². The number of carbonyl (C=O) groups excluding carboxylic acids is 2. The number of hydrogen-bond donors (Lipinski definition) is 1. The molecule has 2 atom stereocenters. The fourth-order valence-corrected chi connectivity index (χ4v) is 2.32. The van der Waals surface area contributed by atoms with Crippen LogP contribution >= 0.6 is 0 Å². The van der Waals surface area contributed by atoms with Crippen LogP contribution in [0.4, 0.5) is 0 Å². The SMILES string of the molecule is CCCC1NC(=O)C2CCCN2C1=O. The van der Waals surface area contributed by atoms with Crippen LogP contribution in [-0.4, -0.2) is 35.3 Å². The Morgan fingerprint density at radius 3 is 3.00 bits per heavy atom. The van der Waals surface area contributed by atoms with Crippen LogP contribution in [0.5, 0.6) is 0 Å². The Morgan fingerprint density at radius 1 is 1.50 bits per heavy atom. The number of nitrogens with zero attached hydrogens (tertiary/aromatic N) is 1. The summed E-state index contributed by atoms with van der Waals surface area (Å²) < 4.78 is 0. The molecule has 2 unspecified atom stereocenters. The first-order valence-corrected chi connectivity index (χ1v) is 5.35. The molecule has 0 bridgehead atoms. The first-order chi connectivity index (χ1) is 6.74. The fraction of sp³-hybridized carbons (Fsp3) is 0.800. The van der Waals surface area contributed by atoms with Crippen molar-refractivity contribution in [3.63, 3.8) is 0 Å². The van der Waals surface area contributed by atoms with Gasteiger partial charge >= 0.3 is 0 Å². The lowest BCUT2D eigenvalue weighted by molar-refractivity contribution is -0.147. The number of piperazine rings is 1. The highest BCUT2D eigenvalue weighted by atomic mass is 16.2. The largest absolute Gasteiger partial charge is 0.343 e. The lowest BCUT2D eigenvalue weighted by Gasteiger charge is -2.34. The Morgan fingerprint density at radius 2 is 2.29 bits per heavy atom. The molecule has 0 aromatic carbocycles. The number of nitrogens with one attached hydrogen (secondary N) is 1. The van der Waals surface area contributed by atoms with Crippen LogP contribution in [0.3, 0.4) is 0 Å². The third-order valence-electron chi connectivity index (χ3n) is 3.03. The second-order valence-corrected chi connectivity index (χ2v) is 4.04. The predicted octanol–water partition coefficient (Wildman–Crippen LogP) is 0.276. The first kappa shape index (κ1) is 9.49. The summed E-state index contributed by atoms with van der Waals surface area (Å²) in [4.78, 5) is 25.2. The van der Waals surface area contributed by atoms with Crippen LogP contribution in [0.15, 0.2) is 0 Å². The molecular weight excluding hydrogens is 180 g/mol. The van der Waals surface area contributed by atoms with Gasteiger partial charge in [0, 0.05) is 6.54 Å². The summed E-state index contributed by atoms with van der Waals surface area (Å²) in [6, 6.07) is -0.433. The Hall–Kier alpha value is -1.06. The van der Waals surface area contributed by atoms with E-state index in [4.69, 9.17) is 0 Å². The molecule has 0 aromatic rings. The monoisotopic (exact) mass is 196 g/mol. The molecule has 0 spiro atoms. The van der Waals surface area contributed by atoms with E-state index >= 15 is 0 Å². The third-order valence-corrected chi connectivity index (χ3v) is 3.03. The molecule has 2 heterocycles. The number of hydrogen-bond acceptors (Lipinski definition) is 2. The van der Waals surface area contributed by atoms with Crippen molar-refractivity contribution in [1.29, 1.82) is 0 Å². The van der Waals surface area contributed by atoms with Gasteiger partial charge in [0.2, 0.25) is 11.8 Å². The van der Waals surface area contributed by atoms with E-state index in [9.17, 15) is 9.59 Å². The van der Waals surface area contributed by atoms with E-state index in [0.29, 0.717) is 0 Å². The second-order valence-electron chi connectivity index (χ2n) is 4.04. The molecule has 2 aliphatic heterocycles. The maximum Gasteiger partial charge on any atom is 0.245 e. The van der Waals surface area contributed by atoms with Crippen LogP contribution < -0.4 is 5.32 Å². The smallest absolute Gasteiger partial charge is 0.245 e. The Labute approximate surface area is 83.6 Å². The summed E-state index contributed by atoms with van der Waals surface area (Å²) in [5, 5.41) is 2.81. The predicted molar refractivity (Wildman–Crippen MR) is 51.6 cm³/mol. The quantitative estimate of drug-likeness (QED) is 0.689. The summed E-state index contributed by atoms with van der Waals surface area (Å²) in [6.45, 7) is 2.78. The lowest BCUT2D eigenvalue weighted by atomic mass is 10.0. The molecule has 78 valence electrons. The Balaban J connectivity index is 2.12. The highest BCUT2D eigenvalue weighted by Gasteiger charge is 2.42. The zero-order valence-corrected chi connectivity index (χ0v) is 8.45. The number of fused-ring (bicyclic) bond motifs is 1. The summed E-state index contributed by atoms with van der Waals surface area (Å²) in [7, 11) is 0. The fourth-order valence-electron chi connectivity index (χ4n) is 2.32. The van der Waals surface area contributed by atoms with Crippen molar-refractivity contribution in [1.82, 2.24) is 10.2 Å². The van der Waals surface area contributed by atoms with Crippen molar-refractivity contribution in [2.24, 2.45) is 0 Å². The normalized spacial score (nSPS) is 31.6. The maximum atomic E-state index is 11.9. The van der Waals surface area contributed by atoms with Gasteiger partial charge in [0.25, 0.3) is 0 Å². The van der Waals surface area contributed by atoms with Crippen molar-refractivity contribution in [3.8, 4) is 0 Å². The minimum atomic E-state index is -0.262. The summed E-state index contributed by atoms with van der Waals surface area (Å²) in [6.07, 6.45) is 3.47. The van der Waals surface area contributed by atoms with Crippen LogP contribution in [0.1, 0.15) is 32.6 Å². The number of carbonyl (C=O) groups is 2. The van der Waals surface area contributed by atoms with E-state index in [1.807, 2.05) is 6.92 Å². The molecule has 4 nitrogen and oxygen atoms in total. The van der Waals surface area contributed by atoms with E-state index in [2.05, 4.69) is 5.32 Å². The molecule has 4 heteroatoms. The van der Waals surface area contributed by atoms with E-state index in [0.717, 1.165) is 32.2 Å². The van der Waals surface area contributed by atoms with Crippen molar-refractivity contribution in [3.05, 3.63) is 0 Å². The van der Waals surface area contributed by atoms with E-state index in [1.54, 1.807) is 4.90 Å². The molecule has 2 saturated heterocycles. The molecule has 0 aromatic heterocycles. The lowest BCUT2D eigenvalue weighted by Crippen LogP contribution is -2.60. The van der Waals surface area contributed by atoms with Gasteiger partial charge in [-0.25, -0.2) is 0 Å². The number of rotatable bonds is 2. The zero-order valence-electron chi connectivity index (χ0n) is 8.45. The molecule has 14 heavy (non-hydrogen) atoms. The van der Waals surface area contributed by atoms with Gasteiger partial charge in [-0.3, -0.25) is 9.59 Å². The average Bonchev–Trinajstić information content (AvgIpc) is 2.63. The van der Waals surface area contributed by atoms with E-state index < -0.39 is 0 Å². The zero-order chi connectivity index (χ0) is 10.1. The minimum Gasteiger partial charge on any atom is -0.343 e. The third kappa shape index (κ3) is 1.38. The van der Waals surface area contributed by atoms with Crippen LogP contribution in [0.25, 0.3) is 0 Å². The summed E-state index contributed by atoms with van der Waals surface area (Å²) in [5.41, 5.74) is 0. The molecular formula is C10H16N2O2. The summed E-state index contributed by atoms with van der Waals surface area (Å²) in [5.74, 6) is 0.162. The van der Waals surface area contributed by atoms with Gasteiger partial charge < -0.3 is 10.2 Å². The molecule has 0 radical (unpaired) electrons. The average molecular weight is 196 g/mol. The van der Waals surface area contributed by atoms with Crippen LogP contribution in [0, 0.1) is 0 Å². The van der Waals surface area contributed by atoms with E-state index in [-0.39, 0.29) is 23.9 Å². The number of amides is 2. The van der Waals surface area contributed by atoms with Gasteiger partial charge in [-0.2, -0.15) is 0 Å². The van der Waals surface area contributed by atoms with Gasteiger partial charge in [0.05, 0.1) is 0 Å². The Kier molecular flexibility index (Phi) is 2.44. The molecule has 0 aliphatic carbocycles. The second kappa shape index (κ2) is 3.59. The minimum absolute atomic E-state index is 0.0422. The molecule has 2 rings (SSSR count). The summed E-state index contributed by atoms with van der Waals surface area (Å²) >= 11 is 0. The van der Waals surface area contributed by atoms with Crippen LogP contribution in [-0.2, 0) is 9.59 Å². The maximum absolute atomic E-state index is 11.9. The molecule has 2 fully saturated rings. The van der Waals surface area contributed by atoms with Crippen LogP contribution in [0.2, 0.25) is 0 Å². The van der Waals surface area contributed by atoms with Gasteiger partial charge in [-0.1, -0.05) is 13.3 Å². The van der Waals surface area contributed by atoms with Gasteiger partial charge in [-0.15, -0.1) is 0 Å². The van der Waals surface area contributed by atoms with Crippen molar-refractivity contribution >= 4 is 11.8 Å². The standard InChI is InChI=1S/C10H16N2O2/c1-2-4-7-10(14)12-6-3-5-8(12)9(13)11-7/h7-8H,2-6H2,1H3,(H,11,13). The molecule has 1 N–H and O–H groups in total. The Bertz CT molecular complexity index is 265. The van der Waals surface area contributed by atoms with Gasteiger partial charge in [-0.05, 0) is 19.3 Å². The highest BCUT2D eigenvalue weighted by Crippen LogP contribution is 2.22. The molecule has 0 saturated carbocycles.